The predicted octanol–water partition coefficient (Wildman–Crippen LogP) is 5.25. The number of fused-ring (bicyclic) bond motifs is 3. The maximum absolute atomic E-state index is 12.8. The summed E-state index contributed by atoms with van der Waals surface area (Å²) in [5.74, 6) is 0. The SMILES string of the molecule is CCCN(CCC)C1CCc2ccc3c(CC(F)(F)F)c[nH]c3c2C1. The number of aromatic amines is 1. The zero-order valence-electron chi connectivity index (χ0n) is 15.0. The lowest BCUT2D eigenvalue weighted by Gasteiger charge is -2.35. The number of aromatic nitrogens is 1. The van der Waals surface area contributed by atoms with Gasteiger partial charge in [-0.3, -0.25) is 0 Å². The van der Waals surface area contributed by atoms with Crippen molar-refractivity contribution in [2.24, 2.45) is 0 Å². The van der Waals surface area contributed by atoms with Gasteiger partial charge in [-0.25, -0.2) is 0 Å². The van der Waals surface area contributed by atoms with Crippen LogP contribution >= 0.6 is 0 Å². The van der Waals surface area contributed by atoms with E-state index in [1.54, 1.807) is 0 Å². The van der Waals surface area contributed by atoms with Gasteiger partial charge in [0.2, 0.25) is 0 Å². The second-order valence-electron chi connectivity index (χ2n) is 7.16. The minimum atomic E-state index is -4.17. The molecule has 0 aliphatic heterocycles. The Balaban J connectivity index is 1.91. The van der Waals surface area contributed by atoms with Gasteiger partial charge in [0, 0.05) is 23.1 Å². The van der Waals surface area contributed by atoms with Crippen LogP contribution in [0.3, 0.4) is 0 Å². The van der Waals surface area contributed by atoms with Gasteiger partial charge in [0.15, 0.2) is 0 Å². The zero-order chi connectivity index (χ0) is 18.0. The summed E-state index contributed by atoms with van der Waals surface area (Å²) in [6, 6.07) is 4.39. The Kier molecular flexibility index (Phi) is 5.42. The lowest BCUT2D eigenvalue weighted by Crippen LogP contribution is -2.40. The first-order chi connectivity index (χ1) is 11.9. The fourth-order valence-corrected chi connectivity index (χ4v) is 4.21. The van der Waals surface area contributed by atoms with Crippen LogP contribution in [0.2, 0.25) is 0 Å². The van der Waals surface area contributed by atoms with E-state index in [1.807, 2.05) is 12.1 Å². The number of rotatable bonds is 6. The number of halogens is 3. The van der Waals surface area contributed by atoms with Gasteiger partial charge in [0.05, 0.1) is 6.42 Å². The Morgan fingerprint density at radius 2 is 1.88 bits per heavy atom. The van der Waals surface area contributed by atoms with Crippen molar-refractivity contribution in [1.29, 1.82) is 0 Å². The summed E-state index contributed by atoms with van der Waals surface area (Å²) in [7, 11) is 0. The zero-order valence-corrected chi connectivity index (χ0v) is 15.0. The summed E-state index contributed by atoms with van der Waals surface area (Å²) in [6.45, 7) is 6.58. The Morgan fingerprint density at radius 3 is 2.52 bits per heavy atom. The van der Waals surface area contributed by atoms with Gasteiger partial charge >= 0.3 is 6.18 Å². The topological polar surface area (TPSA) is 19.0 Å². The van der Waals surface area contributed by atoms with E-state index in [0.717, 1.165) is 56.1 Å². The molecule has 1 atom stereocenters. The van der Waals surface area contributed by atoms with E-state index < -0.39 is 12.6 Å². The van der Waals surface area contributed by atoms with Crippen LogP contribution in [0.1, 0.15) is 49.8 Å². The quantitative estimate of drug-likeness (QED) is 0.752. The number of nitrogens with zero attached hydrogens (tertiary/aromatic N) is 1. The van der Waals surface area contributed by atoms with Gasteiger partial charge in [-0.15, -0.1) is 0 Å². The fraction of sp³-hybridized carbons (Fsp3) is 0.600. The molecular formula is C20H27F3N2. The maximum atomic E-state index is 12.8. The van der Waals surface area contributed by atoms with Crippen LogP contribution in [-0.2, 0) is 19.3 Å². The number of benzene rings is 1. The average molecular weight is 352 g/mol. The first kappa shape index (κ1) is 18.3. The van der Waals surface area contributed by atoms with E-state index in [2.05, 4.69) is 23.7 Å². The molecule has 1 unspecified atom stereocenters. The smallest absolute Gasteiger partial charge is 0.361 e. The highest BCUT2D eigenvalue weighted by molar-refractivity contribution is 5.87. The Bertz CT molecular complexity index is 712. The first-order valence-electron chi connectivity index (χ1n) is 9.34. The molecule has 0 saturated carbocycles. The lowest BCUT2D eigenvalue weighted by molar-refractivity contribution is -0.127. The molecule has 1 aliphatic rings. The van der Waals surface area contributed by atoms with E-state index >= 15 is 0 Å². The second kappa shape index (κ2) is 7.40. The molecule has 1 heterocycles. The van der Waals surface area contributed by atoms with E-state index in [9.17, 15) is 13.2 Å². The summed E-state index contributed by atoms with van der Waals surface area (Å²) in [5.41, 5.74) is 3.78. The van der Waals surface area contributed by atoms with Crippen LogP contribution < -0.4 is 0 Å². The number of H-pyrrole nitrogens is 1. The van der Waals surface area contributed by atoms with Gasteiger partial charge in [0.25, 0.3) is 0 Å². The number of alkyl halides is 3. The maximum Gasteiger partial charge on any atom is 0.393 e. The fourth-order valence-electron chi connectivity index (χ4n) is 4.21. The highest BCUT2D eigenvalue weighted by atomic mass is 19.4. The van der Waals surface area contributed by atoms with Gasteiger partial charge in [-0.2, -0.15) is 13.2 Å². The third-order valence-corrected chi connectivity index (χ3v) is 5.26. The molecular weight excluding hydrogens is 325 g/mol. The van der Waals surface area contributed by atoms with Crippen LogP contribution in [0.4, 0.5) is 13.2 Å². The molecule has 3 rings (SSSR count). The highest BCUT2D eigenvalue weighted by Crippen LogP contribution is 2.34. The molecule has 0 radical (unpaired) electrons. The third kappa shape index (κ3) is 4.02. The molecule has 2 aromatic rings. The van der Waals surface area contributed by atoms with Crippen molar-refractivity contribution in [1.82, 2.24) is 9.88 Å². The van der Waals surface area contributed by atoms with Crippen molar-refractivity contribution in [3.8, 4) is 0 Å². The summed E-state index contributed by atoms with van der Waals surface area (Å²) >= 11 is 0. The molecule has 2 nitrogen and oxygen atoms in total. The molecule has 0 bridgehead atoms. The van der Waals surface area contributed by atoms with Gasteiger partial charge < -0.3 is 9.88 Å². The predicted molar refractivity (Wildman–Crippen MR) is 96.0 cm³/mol. The van der Waals surface area contributed by atoms with Crippen LogP contribution in [0, 0.1) is 0 Å². The molecule has 1 aromatic heterocycles. The molecule has 1 aliphatic carbocycles. The van der Waals surface area contributed by atoms with Crippen molar-refractivity contribution in [2.75, 3.05) is 13.1 Å². The molecule has 1 aromatic carbocycles. The van der Waals surface area contributed by atoms with E-state index in [0.29, 0.717) is 11.6 Å². The third-order valence-electron chi connectivity index (χ3n) is 5.26. The molecule has 25 heavy (non-hydrogen) atoms. The number of aryl methyl sites for hydroxylation is 1. The number of hydrogen-bond acceptors (Lipinski definition) is 1. The largest absolute Gasteiger partial charge is 0.393 e. The van der Waals surface area contributed by atoms with Crippen molar-refractivity contribution < 1.29 is 13.2 Å². The normalized spacial score (nSPS) is 18.1. The summed E-state index contributed by atoms with van der Waals surface area (Å²) in [6.07, 6.45) is 1.83. The monoisotopic (exact) mass is 352 g/mol. The number of nitrogens with one attached hydrogen (secondary N) is 1. The van der Waals surface area contributed by atoms with Crippen molar-refractivity contribution >= 4 is 10.9 Å². The Hall–Kier alpha value is -1.49. The first-order valence-corrected chi connectivity index (χ1v) is 9.34. The minimum Gasteiger partial charge on any atom is -0.361 e. The van der Waals surface area contributed by atoms with Gasteiger partial charge in [0.1, 0.15) is 0 Å². The summed E-state index contributed by atoms with van der Waals surface area (Å²) < 4.78 is 38.4. The molecule has 1 N–H and O–H groups in total. The van der Waals surface area contributed by atoms with Crippen molar-refractivity contribution in [2.45, 2.75) is 64.6 Å². The molecule has 0 saturated heterocycles. The van der Waals surface area contributed by atoms with Crippen LogP contribution in [-0.4, -0.2) is 35.2 Å². The lowest BCUT2D eigenvalue weighted by atomic mass is 9.85. The minimum absolute atomic E-state index is 0.353. The second-order valence-corrected chi connectivity index (χ2v) is 7.16. The summed E-state index contributed by atoms with van der Waals surface area (Å²) in [4.78, 5) is 5.70. The van der Waals surface area contributed by atoms with E-state index in [-0.39, 0.29) is 0 Å². The molecule has 0 amide bonds. The Labute approximate surface area is 147 Å². The Morgan fingerprint density at radius 1 is 1.16 bits per heavy atom. The van der Waals surface area contributed by atoms with E-state index in [4.69, 9.17) is 0 Å². The van der Waals surface area contributed by atoms with Crippen molar-refractivity contribution in [3.05, 3.63) is 35.0 Å². The van der Waals surface area contributed by atoms with E-state index in [1.165, 1.54) is 17.3 Å². The van der Waals surface area contributed by atoms with Gasteiger partial charge in [-0.1, -0.05) is 26.0 Å². The average Bonchev–Trinajstić information content (AvgIpc) is 2.96. The number of hydrogen-bond donors (Lipinski definition) is 1. The molecule has 0 fully saturated rings. The molecule has 138 valence electrons. The summed E-state index contributed by atoms with van der Waals surface area (Å²) in [5, 5.41) is 0.731. The van der Waals surface area contributed by atoms with Crippen LogP contribution in [0.5, 0.6) is 0 Å². The van der Waals surface area contributed by atoms with Crippen LogP contribution in [0.15, 0.2) is 18.3 Å². The standard InChI is InChI=1S/C20H27F3N2/c1-3-9-25(10-4-2)16-7-5-14-6-8-17-15(12-20(21,22)23)13-24-19(17)18(14)11-16/h6,8,13,16,24H,3-5,7,9-12H2,1-2H3. The molecule has 0 spiro atoms. The van der Waals surface area contributed by atoms with Crippen molar-refractivity contribution in [3.63, 3.8) is 0 Å². The highest BCUT2D eigenvalue weighted by Gasteiger charge is 2.30. The molecule has 5 heteroatoms. The van der Waals surface area contributed by atoms with Crippen LogP contribution in [0.25, 0.3) is 10.9 Å². The van der Waals surface area contributed by atoms with Gasteiger partial charge in [-0.05, 0) is 61.9 Å².